The smallest absolute Gasteiger partial charge is 0.224 e. The summed E-state index contributed by atoms with van der Waals surface area (Å²) >= 11 is 3.38. The summed E-state index contributed by atoms with van der Waals surface area (Å²) in [6.07, 6.45) is 2.29. The average Bonchev–Trinajstić information content (AvgIpc) is 2.33. The van der Waals surface area contributed by atoms with Crippen molar-refractivity contribution in [2.45, 2.75) is 25.3 Å². The predicted molar refractivity (Wildman–Crippen MR) is 69.8 cm³/mol. The van der Waals surface area contributed by atoms with Gasteiger partial charge in [-0.25, -0.2) is 0 Å². The van der Waals surface area contributed by atoms with E-state index in [1.807, 2.05) is 24.3 Å². The van der Waals surface area contributed by atoms with Gasteiger partial charge in [-0.2, -0.15) is 0 Å². The topological polar surface area (TPSA) is 38.3 Å². The van der Waals surface area contributed by atoms with Crippen LogP contribution in [0, 0.1) is 0 Å². The molecule has 17 heavy (non-hydrogen) atoms. The van der Waals surface area contributed by atoms with E-state index >= 15 is 0 Å². The number of halogens is 1. The molecule has 0 radical (unpaired) electrons. The Morgan fingerprint density at radius 1 is 1.29 bits per heavy atom. The van der Waals surface area contributed by atoms with Crippen LogP contribution in [-0.4, -0.2) is 25.2 Å². The van der Waals surface area contributed by atoms with E-state index in [-0.39, 0.29) is 11.9 Å². The number of hydrogen-bond donors (Lipinski definition) is 1. The van der Waals surface area contributed by atoms with Crippen molar-refractivity contribution in [3.8, 4) is 0 Å². The molecule has 0 unspecified atom stereocenters. The molecule has 1 aliphatic heterocycles. The Balaban J connectivity index is 1.82. The minimum atomic E-state index is 0.0965. The van der Waals surface area contributed by atoms with Gasteiger partial charge < -0.3 is 10.1 Å². The Morgan fingerprint density at radius 2 is 1.94 bits per heavy atom. The van der Waals surface area contributed by atoms with Crippen molar-refractivity contribution in [2.24, 2.45) is 0 Å². The first-order valence-corrected chi connectivity index (χ1v) is 6.65. The van der Waals surface area contributed by atoms with Gasteiger partial charge in [0.15, 0.2) is 0 Å². The zero-order chi connectivity index (χ0) is 12.1. The number of carbonyl (C=O) groups is 1. The Bertz CT molecular complexity index is 372. The van der Waals surface area contributed by atoms with E-state index in [2.05, 4.69) is 21.2 Å². The fourth-order valence-electron chi connectivity index (χ4n) is 1.91. The van der Waals surface area contributed by atoms with Crippen LogP contribution < -0.4 is 5.32 Å². The van der Waals surface area contributed by atoms with Crippen LogP contribution in [0.2, 0.25) is 0 Å². The van der Waals surface area contributed by atoms with Crippen LogP contribution in [0.3, 0.4) is 0 Å². The van der Waals surface area contributed by atoms with E-state index in [0.717, 1.165) is 36.1 Å². The molecule has 1 heterocycles. The van der Waals surface area contributed by atoms with Gasteiger partial charge in [-0.15, -0.1) is 0 Å². The molecule has 0 saturated carbocycles. The van der Waals surface area contributed by atoms with E-state index in [0.29, 0.717) is 6.42 Å². The summed E-state index contributed by atoms with van der Waals surface area (Å²) in [6, 6.07) is 8.13. The maximum Gasteiger partial charge on any atom is 0.224 e. The Morgan fingerprint density at radius 3 is 2.59 bits per heavy atom. The van der Waals surface area contributed by atoms with Crippen LogP contribution >= 0.6 is 15.9 Å². The highest BCUT2D eigenvalue weighted by Gasteiger charge is 2.15. The van der Waals surface area contributed by atoms with Gasteiger partial charge in [-0.3, -0.25) is 4.79 Å². The number of benzene rings is 1. The molecule has 1 aromatic carbocycles. The van der Waals surface area contributed by atoms with Crippen molar-refractivity contribution in [3.63, 3.8) is 0 Å². The van der Waals surface area contributed by atoms with E-state index < -0.39 is 0 Å². The Labute approximate surface area is 110 Å². The number of amides is 1. The number of ether oxygens (including phenoxy) is 1. The van der Waals surface area contributed by atoms with Crippen molar-refractivity contribution in [1.82, 2.24) is 5.32 Å². The van der Waals surface area contributed by atoms with Gasteiger partial charge in [0, 0.05) is 23.7 Å². The highest BCUT2D eigenvalue weighted by atomic mass is 79.9. The van der Waals surface area contributed by atoms with E-state index in [4.69, 9.17) is 4.74 Å². The van der Waals surface area contributed by atoms with Gasteiger partial charge in [0.25, 0.3) is 0 Å². The van der Waals surface area contributed by atoms with Crippen LogP contribution in [-0.2, 0) is 16.0 Å². The summed E-state index contributed by atoms with van der Waals surface area (Å²) < 4.78 is 6.29. The van der Waals surface area contributed by atoms with E-state index in [9.17, 15) is 4.79 Å². The second kappa shape index (κ2) is 6.17. The molecular formula is C13H16BrNO2. The number of carbonyl (C=O) groups excluding carboxylic acids is 1. The zero-order valence-corrected chi connectivity index (χ0v) is 11.2. The molecule has 2 rings (SSSR count). The summed E-state index contributed by atoms with van der Waals surface area (Å²) in [7, 11) is 0. The lowest BCUT2D eigenvalue weighted by Crippen LogP contribution is -2.39. The van der Waals surface area contributed by atoms with Gasteiger partial charge in [0.2, 0.25) is 5.91 Å². The summed E-state index contributed by atoms with van der Waals surface area (Å²) in [5.74, 6) is 0.0965. The summed E-state index contributed by atoms with van der Waals surface area (Å²) in [4.78, 5) is 11.8. The molecular weight excluding hydrogens is 282 g/mol. The molecule has 0 atom stereocenters. The first kappa shape index (κ1) is 12.6. The third-order valence-electron chi connectivity index (χ3n) is 2.86. The average molecular weight is 298 g/mol. The summed E-state index contributed by atoms with van der Waals surface area (Å²) in [5, 5.41) is 3.05. The molecule has 1 saturated heterocycles. The molecule has 0 spiro atoms. The second-order valence-corrected chi connectivity index (χ2v) is 5.17. The molecule has 1 aromatic rings. The summed E-state index contributed by atoms with van der Waals surface area (Å²) in [5.41, 5.74) is 1.04. The maximum atomic E-state index is 11.8. The minimum absolute atomic E-state index is 0.0965. The molecule has 92 valence electrons. The van der Waals surface area contributed by atoms with Crippen LogP contribution in [0.4, 0.5) is 0 Å². The fourth-order valence-corrected chi connectivity index (χ4v) is 2.17. The molecule has 1 amide bonds. The Kier molecular flexibility index (Phi) is 4.57. The predicted octanol–water partition coefficient (Wildman–Crippen LogP) is 2.29. The van der Waals surface area contributed by atoms with Crippen molar-refractivity contribution >= 4 is 21.8 Å². The van der Waals surface area contributed by atoms with Crippen molar-refractivity contribution in [2.75, 3.05) is 13.2 Å². The van der Waals surface area contributed by atoms with Crippen LogP contribution in [0.25, 0.3) is 0 Å². The fraction of sp³-hybridized carbons (Fsp3) is 0.462. The quantitative estimate of drug-likeness (QED) is 0.930. The number of hydrogen-bond acceptors (Lipinski definition) is 2. The van der Waals surface area contributed by atoms with E-state index in [1.165, 1.54) is 0 Å². The molecule has 4 heteroatoms. The molecule has 1 N–H and O–H groups in total. The molecule has 3 nitrogen and oxygen atoms in total. The van der Waals surface area contributed by atoms with Crippen LogP contribution in [0.15, 0.2) is 28.7 Å². The third-order valence-corrected chi connectivity index (χ3v) is 3.39. The molecule has 0 aromatic heterocycles. The van der Waals surface area contributed by atoms with Gasteiger partial charge in [-0.05, 0) is 30.5 Å². The lowest BCUT2D eigenvalue weighted by Gasteiger charge is -2.23. The van der Waals surface area contributed by atoms with Gasteiger partial charge >= 0.3 is 0 Å². The van der Waals surface area contributed by atoms with Crippen molar-refractivity contribution < 1.29 is 9.53 Å². The highest BCUT2D eigenvalue weighted by Crippen LogP contribution is 2.11. The monoisotopic (exact) mass is 297 g/mol. The summed E-state index contributed by atoms with van der Waals surface area (Å²) in [6.45, 7) is 1.51. The molecule has 0 bridgehead atoms. The van der Waals surface area contributed by atoms with Crippen molar-refractivity contribution in [1.29, 1.82) is 0 Å². The molecule has 0 aliphatic carbocycles. The van der Waals surface area contributed by atoms with Crippen molar-refractivity contribution in [3.05, 3.63) is 34.3 Å². The lowest BCUT2D eigenvalue weighted by atomic mass is 10.1. The standard InChI is InChI=1S/C13H16BrNO2/c14-11-3-1-10(2-4-11)9-13(16)15-12-5-7-17-8-6-12/h1-4,12H,5-9H2,(H,15,16). The van der Waals surface area contributed by atoms with Crippen LogP contribution in [0.5, 0.6) is 0 Å². The van der Waals surface area contributed by atoms with Gasteiger partial charge in [0.1, 0.15) is 0 Å². The zero-order valence-electron chi connectivity index (χ0n) is 9.62. The molecule has 1 fully saturated rings. The SMILES string of the molecule is O=C(Cc1ccc(Br)cc1)NC1CCOCC1. The highest BCUT2D eigenvalue weighted by molar-refractivity contribution is 9.10. The maximum absolute atomic E-state index is 11.8. The van der Waals surface area contributed by atoms with E-state index in [1.54, 1.807) is 0 Å². The second-order valence-electron chi connectivity index (χ2n) is 4.26. The first-order valence-electron chi connectivity index (χ1n) is 5.85. The Hall–Kier alpha value is -0.870. The van der Waals surface area contributed by atoms with Crippen LogP contribution in [0.1, 0.15) is 18.4 Å². The first-order chi connectivity index (χ1) is 8.24. The lowest BCUT2D eigenvalue weighted by molar-refractivity contribution is -0.121. The van der Waals surface area contributed by atoms with Gasteiger partial charge in [-0.1, -0.05) is 28.1 Å². The number of rotatable bonds is 3. The third kappa shape index (κ3) is 4.13. The molecule has 1 aliphatic rings. The largest absolute Gasteiger partial charge is 0.381 e. The van der Waals surface area contributed by atoms with Gasteiger partial charge in [0.05, 0.1) is 6.42 Å². The number of nitrogens with one attached hydrogen (secondary N) is 1. The normalized spacial score (nSPS) is 16.8. The minimum Gasteiger partial charge on any atom is -0.381 e.